The molecular formula is C15H19N4O2S+. The monoisotopic (exact) mass is 319 g/mol. The van der Waals surface area contributed by atoms with E-state index in [1.807, 2.05) is 39.1 Å². The van der Waals surface area contributed by atoms with E-state index in [-0.39, 0.29) is 5.91 Å². The van der Waals surface area contributed by atoms with E-state index in [1.54, 1.807) is 4.68 Å². The Morgan fingerprint density at radius 3 is 2.82 bits per heavy atom. The summed E-state index contributed by atoms with van der Waals surface area (Å²) in [6.45, 7) is 3.87. The van der Waals surface area contributed by atoms with Crippen LogP contribution in [0.25, 0.3) is 0 Å². The molecule has 3 rings (SSSR count). The number of nitrogens with one attached hydrogen (secondary N) is 2. The first-order valence-electron chi connectivity index (χ1n) is 7.08. The molecule has 0 saturated heterocycles. The lowest BCUT2D eigenvalue weighted by Crippen LogP contribution is -2.20. The Balaban J connectivity index is 1.83. The van der Waals surface area contributed by atoms with Crippen LogP contribution in [0.3, 0.4) is 0 Å². The van der Waals surface area contributed by atoms with Crippen molar-refractivity contribution in [2.24, 2.45) is 7.05 Å². The van der Waals surface area contributed by atoms with E-state index in [0.717, 1.165) is 33.2 Å². The highest BCUT2D eigenvalue weighted by atomic mass is 32.2. The first kappa shape index (κ1) is 14.9. The minimum atomic E-state index is -1.11. The maximum atomic E-state index is 11.4. The normalized spacial score (nSPS) is 15.2. The zero-order chi connectivity index (χ0) is 15.9. The number of aryl methyl sites for hydroxylation is 3. The topological polar surface area (TPSA) is 79.2 Å². The number of carbonyl (C=O) groups excluding carboxylic acids is 1. The van der Waals surface area contributed by atoms with Gasteiger partial charge in [0.2, 0.25) is 10.8 Å². The third kappa shape index (κ3) is 2.69. The number of anilines is 2. The van der Waals surface area contributed by atoms with Gasteiger partial charge in [0.1, 0.15) is 5.69 Å². The van der Waals surface area contributed by atoms with Crippen LogP contribution in [0.15, 0.2) is 23.1 Å². The lowest BCUT2D eigenvalue weighted by Gasteiger charge is -2.16. The SMILES string of the molecule is Cc1nn(C)c(C)c1N[S+](O)c1ccc2c(c1)CCC(=O)N2. The van der Waals surface area contributed by atoms with Gasteiger partial charge in [0.05, 0.1) is 11.4 Å². The number of aromatic nitrogens is 2. The number of amides is 1. The van der Waals surface area contributed by atoms with Crippen LogP contribution >= 0.6 is 0 Å². The molecule has 6 nitrogen and oxygen atoms in total. The van der Waals surface area contributed by atoms with E-state index in [9.17, 15) is 9.35 Å². The van der Waals surface area contributed by atoms with E-state index < -0.39 is 11.4 Å². The van der Waals surface area contributed by atoms with Crippen molar-refractivity contribution >= 4 is 28.6 Å². The summed E-state index contributed by atoms with van der Waals surface area (Å²) in [6.07, 6.45) is 1.20. The molecular weight excluding hydrogens is 300 g/mol. The summed E-state index contributed by atoms with van der Waals surface area (Å²) in [4.78, 5) is 12.2. The summed E-state index contributed by atoms with van der Waals surface area (Å²) in [6, 6.07) is 5.64. The highest BCUT2D eigenvalue weighted by Crippen LogP contribution is 2.28. The molecule has 1 atom stereocenters. The van der Waals surface area contributed by atoms with Crippen molar-refractivity contribution in [2.75, 3.05) is 10.0 Å². The van der Waals surface area contributed by atoms with Gasteiger partial charge in [-0.05, 0) is 31.9 Å². The molecule has 2 heterocycles. The highest BCUT2D eigenvalue weighted by molar-refractivity contribution is 7.92. The Morgan fingerprint density at radius 1 is 1.36 bits per heavy atom. The van der Waals surface area contributed by atoms with Gasteiger partial charge in [-0.15, -0.1) is 0 Å². The Morgan fingerprint density at radius 2 is 2.14 bits per heavy atom. The predicted octanol–water partition coefficient (Wildman–Crippen LogP) is 2.40. The van der Waals surface area contributed by atoms with Gasteiger partial charge in [0.25, 0.3) is 0 Å². The number of rotatable bonds is 3. The van der Waals surface area contributed by atoms with Crippen LogP contribution in [0.2, 0.25) is 0 Å². The van der Waals surface area contributed by atoms with Crippen molar-refractivity contribution in [1.29, 1.82) is 0 Å². The minimum absolute atomic E-state index is 0.0444. The Kier molecular flexibility index (Phi) is 3.84. The van der Waals surface area contributed by atoms with Gasteiger partial charge < -0.3 is 5.32 Å². The molecule has 0 fully saturated rings. The van der Waals surface area contributed by atoms with Gasteiger partial charge >= 0.3 is 11.4 Å². The van der Waals surface area contributed by atoms with Crippen molar-refractivity contribution in [3.05, 3.63) is 35.2 Å². The van der Waals surface area contributed by atoms with Crippen molar-refractivity contribution < 1.29 is 9.35 Å². The summed E-state index contributed by atoms with van der Waals surface area (Å²) in [5, 5.41) is 7.18. The van der Waals surface area contributed by atoms with E-state index in [0.29, 0.717) is 12.8 Å². The third-order valence-electron chi connectivity index (χ3n) is 3.90. The van der Waals surface area contributed by atoms with Gasteiger partial charge in [-0.1, -0.05) is 0 Å². The van der Waals surface area contributed by atoms with Crippen LogP contribution in [-0.4, -0.2) is 20.2 Å². The molecule has 22 heavy (non-hydrogen) atoms. The molecule has 1 aliphatic heterocycles. The number of benzene rings is 1. The van der Waals surface area contributed by atoms with Gasteiger partial charge in [-0.25, -0.2) is 0 Å². The quantitative estimate of drug-likeness (QED) is 0.759. The van der Waals surface area contributed by atoms with Crippen molar-refractivity contribution in [3.63, 3.8) is 0 Å². The molecule has 0 saturated carbocycles. The van der Waals surface area contributed by atoms with Crippen LogP contribution in [0.4, 0.5) is 11.4 Å². The standard InChI is InChI=1S/C15H18N4O2S/c1-9-15(10(2)19(3)17-9)18-22(21)12-5-6-13-11(8-12)4-7-14(20)16-13/h5-6,8,18,21H,4,7H2,1-3H3/p+1. The number of hydrogen-bond acceptors (Lipinski definition) is 4. The predicted molar refractivity (Wildman–Crippen MR) is 88.0 cm³/mol. The summed E-state index contributed by atoms with van der Waals surface area (Å²) < 4.78 is 15.4. The summed E-state index contributed by atoms with van der Waals surface area (Å²) >= 11 is -1.11. The molecule has 116 valence electrons. The smallest absolute Gasteiger partial charge is 0.303 e. The van der Waals surface area contributed by atoms with Gasteiger partial charge in [0, 0.05) is 31.3 Å². The van der Waals surface area contributed by atoms with E-state index in [2.05, 4.69) is 15.1 Å². The zero-order valence-corrected chi connectivity index (χ0v) is 13.6. The maximum absolute atomic E-state index is 11.4. The molecule has 2 aromatic rings. The van der Waals surface area contributed by atoms with Gasteiger partial charge in [-0.2, -0.15) is 14.4 Å². The average molecular weight is 319 g/mol. The van der Waals surface area contributed by atoms with Crippen LogP contribution in [0, 0.1) is 13.8 Å². The van der Waals surface area contributed by atoms with Crippen LogP contribution in [0.1, 0.15) is 23.4 Å². The zero-order valence-electron chi connectivity index (χ0n) is 12.8. The number of nitrogens with zero attached hydrogens (tertiary/aromatic N) is 2. The van der Waals surface area contributed by atoms with Crippen LogP contribution in [-0.2, 0) is 29.6 Å². The molecule has 7 heteroatoms. The molecule has 1 amide bonds. The summed E-state index contributed by atoms with van der Waals surface area (Å²) in [5.74, 6) is 0.0444. The maximum Gasteiger partial charge on any atom is 0.303 e. The fraction of sp³-hybridized carbons (Fsp3) is 0.333. The first-order chi connectivity index (χ1) is 10.5. The fourth-order valence-electron chi connectivity index (χ4n) is 2.56. The molecule has 1 aliphatic rings. The average Bonchev–Trinajstić information content (AvgIpc) is 2.73. The summed E-state index contributed by atoms with van der Waals surface area (Å²) in [7, 11) is 1.88. The molecule has 3 N–H and O–H groups in total. The molecule has 1 aromatic heterocycles. The summed E-state index contributed by atoms with van der Waals surface area (Å²) in [5.41, 5.74) is 4.60. The lowest BCUT2D eigenvalue weighted by molar-refractivity contribution is -0.116. The Bertz CT molecular complexity index is 741. The largest absolute Gasteiger partial charge is 0.326 e. The van der Waals surface area contributed by atoms with Gasteiger partial charge in [-0.3, -0.25) is 9.48 Å². The second-order valence-electron chi connectivity index (χ2n) is 5.42. The minimum Gasteiger partial charge on any atom is -0.326 e. The van der Waals surface area contributed by atoms with Gasteiger partial charge in [0.15, 0.2) is 0 Å². The molecule has 0 aliphatic carbocycles. The molecule has 0 bridgehead atoms. The number of carbonyl (C=O) groups is 1. The highest BCUT2D eigenvalue weighted by Gasteiger charge is 2.26. The van der Waals surface area contributed by atoms with E-state index in [4.69, 9.17) is 0 Å². The number of hydrogen-bond donors (Lipinski definition) is 3. The second kappa shape index (κ2) is 5.66. The van der Waals surface area contributed by atoms with Crippen molar-refractivity contribution in [1.82, 2.24) is 9.78 Å². The molecule has 0 radical (unpaired) electrons. The second-order valence-corrected chi connectivity index (χ2v) is 6.67. The molecule has 1 aromatic carbocycles. The fourth-order valence-corrected chi connectivity index (χ4v) is 3.61. The molecule has 1 unspecified atom stereocenters. The Labute approximate surface area is 132 Å². The van der Waals surface area contributed by atoms with Crippen molar-refractivity contribution in [2.45, 2.75) is 31.6 Å². The van der Waals surface area contributed by atoms with Crippen LogP contribution in [0.5, 0.6) is 0 Å². The van der Waals surface area contributed by atoms with E-state index in [1.165, 1.54) is 0 Å². The Hall–Kier alpha value is -1.99. The van der Waals surface area contributed by atoms with Crippen molar-refractivity contribution in [3.8, 4) is 0 Å². The lowest BCUT2D eigenvalue weighted by atomic mass is 10.0. The van der Waals surface area contributed by atoms with E-state index >= 15 is 0 Å². The third-order valence-corrected chi connectivity index (χ3v) is 5.00. The molecule has 0 spiro atoms. The van der Waals surface area contributed by atoms with Crippen LogP contribution < -0.4 is 10.0 Å². The number of fused-ring (bicyclic) bond motifs is 1. The first-order valence-corrected chi connectivity index (χ1v) is 8.27.